The van der Waals surface area contributed by atoms with Crippen LogP contribution in [0.3, 0.4) is 0 Å². The molecule has 0 aromatic rings. The highest BCUT2D eigenvalue weighted by Gasteiger charge is 2.11. The van der Waals surface area contributed by atoms with Crippen LogP contribution in [-0.4, -0.2) is 48.0 Å². The number of amides is 4. The summed E-state index contributed by atoms with van der Waals surface area (Å²) in [7, 11) is 0. The molecule has 0 atom stereocenters. The fourth-order valence-corrected chi connectivity index (χ4v) is 1.81. The fourth-order valence-electron chi connectivity index (χ4n) is 1.81. The molecule has 4 N–H and O–H groups in total. The van der Waals surface area contributed by atoms with E-state index in [1.54, 1.807) is 9.80 Å². The van der Waals surface area contributed by atoms with E-state index in [2.05, 4.69) is 0 Å². The number of piperidine rings is 1. The Bertz CT molecular complexity index is 238. The van der Waals surface area contributed by atoms with Gasteiger partial charge in [-0.1, -0.05) is 6.92 Å². The highest BCUT2D eigenvalue weighted by molar-refractivity contribution is 5.72. The summed E-state index contributed by atoms with van der Waals surface area (Å²) in [6, 6.07) is -0.589. The zero-order chi connectivity index (χ0) is 14.0. The highest BCUT2D eigenvalue weighted by Crippen LogP contribution is 2.07. The minimum Gasteiger partial charge on any atom is -0.351 e. The van der Waals surface area contributed by atoms with Crippen LogP contribution in [0.1, 0.15) is 39.5 Å². The Hall–Kier alpha value is -1.46. The van der Waals surface area contributed by atoms with E-state index in [0.717, 1.165) is 38.9 Å². The van der Waals surface area contributed by atoms with Gasteiger partial charge in [0.25, 0.3) is 0 Å². The van der Waals surface area contributed by atoms with Gasteiger partial charge in [0.15, 0.2) is 0 Å². The number of rotatable bonds is 3. The van der Waals surface area contributed by atoms with Crippen molar-refractivity contribution in [2.24, 2.45) is 11.5 Å². The Balaban J connectivity index is 0.000000321. The van der Waals surface area contributed by atoms with E-state index < -0.39 is 0 Å². The summed E-state index contributed by atoms with van der Waals surface area (Å²) >= 11 is 0. The fraction of sp³-hybridized carbons (Fsp3) is 0.833. The number of nitrogens with two attached hydrogens (primary N) is 2. The van der Waals surface area contributed by atoms with E-state index in [0.29, 0.717) is 6.54 Å². The predicted octanol–water partition coefficient (Wildman–Crippen LogP) is 1.35. The molecule has 18 heavy (non-hydrogen) atoms. The second-order valence-corrected chi connectivity index (χ2v) is 4.30. The number of likely N-dealkylation sites (tertiary alicyclic amines) is 1. The van der Waals surface area contributed by atoms with E-state index in [1.807, 2.05) is 13.8 Å². The average molecular weight is 258 g/mol. The molecule has 0 aliphatic carbocycles. The van der Waals surface area contributed by atoms with Crippen LogP contribution in [-0.2, 0) is 0 Å². The molecule has 0 aromatic carbocycles. The molecule has 0 bridgehead atoms. The second kappa shape index (κ2) is 9.56. The SMILES string of the molecule is CCCN(CC)C(N)=O.NC(=O)N1CCCCC1. The van der Waals surface area contributed by atoms with Gasteiger partial charge in [0.2, 0.25) is 0 Å². The quantitative estimate of drug-likeness (QED) is 0.799. The van der Waals surface area contributed by atoms with Crippen LogP contribution in [0.5, 0.6) is 0 Å². The third kappa shape index (κ3) is 6.98. The highest BCUT2D eigenvalue weighted by atomic mass is 16.2. The Morgan fingerprint density at radius 1 is 1.11 bits per heavy atom. The van der Waals surface area contributed by atoms with Gasteiger partial charge >= 0.3 is 12.1 Å². The summed E-state index contributed by atoms with van der Waals surface area (Å²) in [5, 5.41) is 0. The van der Waals surface area contributed by atoms with Crippen LogP contribution < -0.4 is 11.5 Å². The summed E-state index contributed by atoms with van der Waals surface area (Å²) < 4.78 is 0. The molecule has 4 amide bonds. The molecule has 6 nitrogen and oxygen atoms in total. The van der Waals surface area contributed by atoms with Gasteiger partial charge in [0.1, 0.15) is 0 Å². The van der Waals surface area contributed by atoms with Crippen molar-refractivity contribution in [2.45, 2.75) is 39.5 Å². The normalized spacial score (nSPS) is 14.4. The van der Waals surface area contributed by atoms with Crippen LogP contribution in [0.25, 0.3) is 0 Å². The third-order valence-electron chi connectivity index (χ3n) is 2.85. The largest absolute Gasteiger partial charge is 0.351 e. The molecule has 1 heterocycles. The molecular formula is C12H26N4O2. The molecule has 1 aliphatic heterocycles. The molecule has 0 saturated carbocycles. The molecule has 1 rings (SSSR count). The van der Waals surface area contributed by atoms with Crippen molar-refractivity contribution >= 4 is 12.1 Å². The lowest BCUT2D eigenvalue weighted by molar-refractivity contribution is 0.196. The van der Waals surface area contributed by atoms with E-state index in [9.17, 15) is 9.59 Å². The number of urea groups is 2. The lowest BCUT2D eigenvalue weighted by atomic mass is 10.1. The van der Waals surface area contributed by atoms with E-state index in [1.165, 1.54) is 6.42 Å². The summed E-state index contributed by atoms with van der Waals surface area (Å²) in [5.41, 5.74) is 10.1. The first-order valence-electron chi connectivity index (χ1n) is 6.61. The summed E-state index contributed by atoms with van der Waals surface area (Å²) in [4.78, 5) is 24.3. The topological polar surface area (TPSA) is 92.7 Å². The predicted molar refractivity (Wildman–Crippen MR) is 72.1 cm³/mol. The summed E-state index contributed by atoms with van der Waals surface area (Å²) in [5.74, 6) is 0. The zero-order valence-electron chi connectivity index (χ0n) is 11.5. The maximum atomic E-state index is 10.5. The first-order valence-corrected chi connectivity index (χ1v) is 6.61. The van der Waals surface area contributed by atoms with Gasteiger partial charge in [0.05, 0.1) is 0 Å². The van der Waals surface area contributed by atoms with Crippen LogP contribution in [0, 0.1) is 0 Å². The number of carbonyl (C=O) groups excluding carboxylic acids is 2. The Morgan fingerprint density at radius 3 is 1.89 bits per heavy atom. The lowest BCUT2D eigenvalue weighted by Gasteiger charge is -2.24. The molecule has 1 saturated heterocycles. The number of carbonyl (C=O) groups is 2. The standard InChI is InChI=1S/C6H12N2O.C6H14N2O/c7-6(9)8-4-2-1-3-5-8;1-3-5-8(4-2)6(7)9/h1-5H2,(H2,7,9);3-5H2,1-2H3,(H2,7,9). The van der Waals surface area contributed by atoms with Gasteiger partial charge in [-0.3, -0.25) is 0 Å². The molecule has 1 fully saturated rings. The molecular weight excluding hydrogens is 232 g/mol. The van der Waals surface area contributed by atoms with Crippen molar-refractivity contribution in [3.63, 3.8) is 0 Å². The third-order valence-corrected chi connectivity index (χ3v) is 2.85. The average Bonchev–Trinajstić information content (AvgIpc) is 2.37. The van der Waals surface area contributed by atoms with Crippen LogP contribution in [0.2, 0.25) is 0 Å². The maximum Gasteiger partial charge on any atom is 0.314 e. The number of nitrogens with zero attached hydrogens (tertiary/aromatic N) is 2. The minimum atomic E-state index is -0.320. The lowest BCUT2D eigenvalue weighted by Crippen LogP contribution is -2.39. The van der Waals surface area contributed by atoms with E-state index in [4.69, 9.17) is 11.5 Å². The van der Waals surface area contributed by atoms with Crippen LogP contribution >= 0.6 is 0 Å². The van der Waals surface area contributed by atoms with Crippen molar-refractivity contribution in [2.75, 3.05) is 26.2 Å². The maximum absolute atomic E-state index is 10.5. The second-order valence-electron chi connectivity index (χ2n) is 4.30. The first-order chi connectivity index (χ1) is 8.52. The molecule has 1 aliphatic rings. The van der Waals surface area contributed by atoms with Gasteiger partial charge in [0, 0.05) is 26.2 Å². The summed E-state index contributed by atoms with van der Waals surface area (Å²) in [6.45, 7) is 7.13. The van der Waals surface area contributed by atoms with Crippen molar-refractivity contribution in [1.29, 1.82) is 0 Å². The summed E-state index contributed by atoms with van der Waals surface area (Å²) in [6.07, 6.45) is 4.44. The smallest absolute Gasteiger partial charge is 0.314 e. The van der Waals surface area contributed by atoms with Gasteiger partial charge in [-0.15, -0.1) is 0 Å². The van der Waals surface area contributed by atoms with Crippen LogP contribution in [0.15, 0.2) is 0 Å². The Labute approximate surface area is 109 Å². The van der Waals surface area contributed by atoms with Gasteiger partial charge in [-0.25, -0.2) is 9.59 Å². The number of primary amides is 2. The van der Waals surface area contributed by atoms with Crippen molar-refractivity contribution < 1.29 is 9.59 Å². The van der Waals surface area contributed by atoms with Crippen molar-refractivity contribution in [3.8, 4) is 0 Å². The molecule has 0 aromatic heterocycles. The van der Waals surface area contributed by atoms with Gasteiger partial charge < -0.3 is 21.3 Å². The molecule has 0 radical (unpaired) electrons. The van der Waals surface area contributed by atoms with Crippen molar-refractivity contribution in [3.05, 3.63) is 0 Å². The monoisotopic (exact) mass is 258 g/mol. The van der Waals surface area contributed by atoms with E-state index in [-0.39, 0.29) is 12.1 Å². The van der Waals surface area contributed by atoms with Crippen molar-refractivity contribution in [1.82, 2.24) is 9.80 Å². The molecule has 0 spiro atoms. The Morgan fingerprint density at radius 2 is 1.67 bits per heavy atom. The number of hydrogen-bond donors (Lipinski definition) is 2. The first kappa shape index (κ1) is 16.5. The Kier molecular flexibility index (Phi) is 8.78. The van der Waals surface area contributed by atoms with E-state index >= 15 is 0 Å². The zero-order valence-corrected chi connectivity index (χ0v) is 11.5. The van der Waals surface area contributed by atoms with Crippen LogP contribution in [0.4, 0.5) is 9.59 Å². The number of hydrogen-bond acceptors (Lipinski definition) is 2. The minimum absolute atomic E-state index is 0.269. The molecule has 6 heteroatoms. The molecule has 106 valence electrons. The van der Waals surface area contributed by atoms with Gasteiger partial charge in [-0.05, 0) is 32.6 Å². The van der Waals surface area contributed by atoms with Gasteiger partial charge in [-0.2, -0.15) is 0 Å². The molecule has 0 unspecified atom stereocenters.